The smallest absolute Gasteiger partial charge is 0.253 e. The van der Waals surface area contributed by atoms with E-state index in [0.717, 1.165) is 37.6 Å². The Morgan fingerprint density at radius 1 is 1.22 bits per heavy atom. The van der Waals surface area contributed by atoms with Gasteiger partial charge in [0.1, 0.15) is 0 Å². The van der Waals surface area contributed by atoms with Crippen molar-refractivity contribution in [2.24, 2.45) is 10.4 Å². The Hall–Kier alpha value is -2.04. The van der Waals surface area contributed by atoms with Gasteiger partial charge in [0, 0.05) is 46.3 Å². The minimum atomic E-state index is 0.0514. The third kappa shape index (κ3) is 4.82. The summed E-state index contributed by atoms with van der Waals surface area (Å²) in [6.45, 7) is 3.10. The summed E-state index contributed by atoms with van der Waals surface area (Å²) in [5.41, 5.74) is 2.47. The van der Waals surface area contributed by atoms with Crippen molar-refractivity contribution in [3.63, 3.8) is 0 Å². The molecule has 1 aliphatic heterocycles. The fourth-order valence-electron chi connectivity index (χ4n) is 4.59. The molecule has 5 heteroatoms. The zero-order valence-electron chi connectivity index (χ0n) is 17.1. The summed E-state index contributed by atoms with van der Waals surface area (Å²) in [6.07, 6.45) is 9.14. The van der Waals surface area contributed by atoms with Gasteiger partial charge in [0.2, 0.25) is 0 Å². The maximum absolute atomic E-state index is 12.1. The molecule has 0 unspecified atom stereocenters. The highest BCUT2D eigenvalue weighted by atomic mass is 16.2. The molecule has 3 rings (SSSR count). The molecule has 0 aromatic heterocycles. The van der Waals surface area contributed by atoms with Crippen molar-refractivity contribution in [1.29, 1.82) is 0 Å². The molecule has 0 radical (unpaired) electrons. The first-order valence-corrected chi connectivity index (χ1v) is 10.3. The van der Waals surface area contributed by atoms with E-state index < -0.39 is 0 Å². The normalized spacial score (nSPS) is 19.4. The van der Waals surface area contributed by atoms with Crippen molar-refractivity contribution >= 4 is 11.9 Å². The molecule has 1 saturated carbocycles. The number of carbonyl (C=O) groups excluding carboxylic acids is 1. The molecule has 148 valence electrons. The minimum absolute atomic E-state index is 0.0514. The Morgan fingerprint density at radius 3 is 2.70 bits per heavy atom. The van der Waals surface area contributed by atoms with E-state index in [9.17, 15) is 4.79 Å². The molecule has 1 heterocycles. The maximum Gasteiger partial charge on any atom is 0.253 e. The number of guanidine groups is 1. The Labute approximate surface area is 163 Å². The molecule has 1 saturated heterocycles. The summed E-state index contributed by atoms with van der Waals surface area (Å²) < 4.78 is 0. The van der Waals surface area contributed by atoms with Gasteiger partial charge in [0.05, 0.1) is 0 Å². The molecule has 1 aliphatic carbocycles. The van der Waals surface area contributed by atoms with Gasteiger partial charge in [0.15, 0.2) is 5.96 Å². The first-order valence-electron chi connectivity index (χ1n) is 10.3. The lowest BCUT2D eigenvalue weighted by Crippen LogP contribution is -2.42. The Bertz CT molecular complexity index is 677. The zero-order valence-corrected chi connectivity index (χ0v) is 17.1. The van der Waals surface area contributed by atoms with Crippen LogP contribution in [0, 0.1) is 5.41 Å². The number of benzene rings is 1. The van der Waals surface area contributed by atoms with E-state index in [1.54, 1.807) is 19.0 Å². The molecule has 2 aliphatic rings. The monoisotopic (exact) mass is 370 g/mol. The number of nitrogens with zero attached hydrogens (tertiary/aromatic N) is 3. The van der Waals surface area contributed by atoms with E-state index in [2.05, 4.69) is 21.3 Å². The van der Waals surface area contributed by atoms with Gasteiger partial charge in [-0.2, -0.15) is 0 Å². The lowest BCUT2D eigenvalue weighted by Gasteiger charge is -2.33. The molecule has 0 bridgehead atoms. The van der Waals surface area contributed by atoms with Crippen molar-refractivity contribution in [3.05, 3.63) is 35.4 Å². The van der Waals surface area contributed by atoms with Crippen LogP contribution in [0.1, 0.15) is 54.4 Å². The quantitative estimate of drug-likeness (QED) is 0.654. The van der Waals surface area contributed by atoms with E-state index >= 15 is 0 Å². The summed E-state index contributed by atoms with van der Waals surface area (Å²) in [5.74, 6) is 1.08. The van der Waals surface area contributed by atoms with Crippen LogP contribution in [-0.2, 0) is 6.42 Å². The summed E-state index contributed by atoms with van der Waals surface area (Å²) in [7, 11) is 5.45. The maximum atomic E-state index is 12.1. The second-order valence-corrected chi connectivity index (χ2v) is 8.36. The van der Waals surface area contributed by atoms with E-state index in [1.165, 1.54) is 44.1 Å². The van der Waals surface area contributed by atoms with Crippen LogP contribution >= 0.6 is 0 Å². The van der Waals surface area contributed by atoms with Gasteiger partial charge in [-0.25, -0.2) is 0 Å². The predicted octanol–water partition coefficient (Wildman–Crippen LogP) is 3.16. The van der Waals surface area contributed by atoms with E-state index in [0.29, 0.717) is 5.41 Å². The molecule has 1 N–H and O–H groups in total. The summed E-state index contributed by atoms with van der Waals surface area (Å²) >= 11 is 0. The fraction of sp³-hybridized carbons (Fsp3) is 0.636. The average Bonchev–Trinajstić information content (AvgIpc) is 3.08. The molecule has 1 aromatic carbocycles. The number of amides is 1. The van der Waals surface area contributed by atoms with Crippen LogP contribution in [0.5, 0.6) is 0 Å². The van der Waals surface area contributed by atoms with Crippen molar-refractivity contribution in [2.75, 3.05) is 40.8 Å². The van der Waals surface area contributed by atoms with Crippen LogP contribution in [0.4, 0.5) is 0 Å². The van der Waals surface area contributed by atoms with Gasteiger partial charge in [-0.15, -0.1) is 0 Å². The van der Waals surface area contributed by atoms with Crippen molar-refractivity contribution in [2.45, 2.75) is 44.9 Å². The number of carbonyl (C=O) groups is 1. The Kier molecular flexibility index (Phi) is 6.40. The average molecular weight is 371 g/mol. The van der Waals surface area contributed by atoms with Gasteiger partial charge in [0.25, 0.3) is 5.91 Å². The van der Waals surface area contributed by atoms with Crippen LogP contribution in [-0.4, -0.2) is 62.4 Å². The molecule has 27 heavy (non-hydrogen) atoms. The molecular formula is C22H34N4O. The van der Waals surface area contributed by atoms with Gasteiger partial charge >= 0.3 is 0 Å². The largest absolute Gasteiger partial charge is 0.356 e. The van der Waals surface area contributed by atoms with Gasteiger partial charge in [-0.05, 0) is 48.8 Å². The Morgan fingerprint density at radius 2 is 2.00 bits per heavy atom. The lowest BCUT2D eigenvalue weighted by molar-refractivity contribution is 0.0827. The van der Waals surface area contributed by atoms with Crippen molar-refractivity contribution in [1.82, 2.24) is 15.1 Å². The predicted molar refractivity (Wildman–Crippen MR) is 111 cm³/mol. The van der Waals surface area contributed by atoms with Crippen LogP contribution < -0.4 is 5.32 Å². The van der Waals surface area contributed by atoms with Crippen molar-refractivity contribution < 1.29 is 4.79 Å². The molecular weight excluding hydrogens is 336 g/mol. The Balaban J connectivity index is 1.52. The number of likely N-dealkylation sites (tertiary alicyclic amines) is 1. The van der Waals surface area contributed by atoms with E-state index in [1.807, 2.05) is 25.2 Å². The minimum Gasteiger partial charge on any atom is -0.356 e. The second kappa shape index (κ2) is 8.77. The summed E-state index contributed by atoms with van der Waals surface area (Å²) in [6, 6.07) is 7.93. The summed E-state index contributed by atoms with van der Waals surface area (Å²) in [4.78, 5) is 20.7. The molecule has 2 fully saturated rings. The molecule has 1 amide bonds. The summed E-state index contributed by atoms with van der Waals surface area (Å²) in [5, 5.41) is 3.53. The number of rotatable bonds is 4. The van der Waals surface area contributed by atoms with Crippen molar-refractivity contribution in [3.8, 4) is 0 Å². The number of hydrogen-bond acceptors (Lipinski definition) is 2. The second-order valence-electron chi connectivity index (χ2n) is 8.36. The molecule has 5 nitrogen and oxygen atoms in total. The molecule has 0 atom stereocenters. The topological polar surface area (TPSA) is 47.9 Å². The van der Waals surface area contributed by atoms with Gasteiger partial charge in [-0.1, -0.05) is 31.4 Å². The molecule has 1 spiro atoms. The third-order valence-corrected chi connectivity index (χ3v) is 6.14. The highest BCUT2D eigenvalue weighted by Crippen LogP contribution is 2.43. The van der Waals surface area contributed by atoms with Gasteiger partial charge in [-0.3, -0.25) is 9.79 Å². The number of aliphatic imine (C=N–C) groups is 1. The lowest BCUT2D eigenvalue weighted by atomic mass is 9.73. The first-order chi connectivity index (χ1) is 13.0. The first kappa shape index (κ1) is 19.7. The van der Waals surface area contributed by atoms with Crippen LogP contribution in [0.25, 0.3) is 0 Å². The van der Waals surface area contributed by atoms with E-state index in [4.69, 9.17) is 0 Å². The highest BCUT2D eigenvalue weighted by molar-refractivity contribution is 5.94. The number of nitrogens with one attached hydrogen (secondary N) is 1. The van der Waals surface area contributed by atoms with E-state index in [-0.39, 0.29) is 5.91 Å². The van der Waals surface area contributed by atoms with Gasteiger partial charge < -0.3 is 15.1 Å². The highest BCUT2D eigenvalue weighted by Gasteiger charge is 2.39. The van der Waals surface area contributed by atoms with Crippen LogP contribution in [0.3, 0.4) is 0 Å². The fourth-order valence-corrected chi connectivity index (χ4v) is 4.59. The molecule has 1 aromatic rings. The van der Waals surface area contributed by atoms with Crippen LogP contribution in [0.15, 0.2) is 29.3 Å². The number of hydrogen-bond donors (Lipinski definition) is 1. The third-order valence-electron chi connectivity index (χ3n) is 6.14. The SMILES string of the molecule is CN=C(NCCc1cccc(C(=O)N(C)C)c1)N1CCC2(CCCCC2)C1. The van der Waals surface area contributed by atoms with Crippen LogP contribution in [0.2, 0.25) is 0 Å². The standard InChI is InChI=1S/C22H34N4O/c1-23-21(26-15-13-22(17-26)11-5-4-6-12-22)24-14-10-18-8-7-9-19(16-18)20(27)25(2)3/h7-9,16H,4-6,10-15,17H2,1-3H3,(H,23,24). The zero-order chi connectivity index (χ0) is 19.3.